The molecule has 4 heteroatoms. The zero-order chi connectivity index (χ0) is 10.1. The summed E-state index contributed by atoms with van der Waals surface area (Å²) in [6.07, 6.45) is 0. The lowest BCUT2D eigenvalue weighted by Gasteiger charge is -2.06. The Balaban J connectivity index is 2.87. The van der Waals surface area contributed by atoms with E-state index in [4.69, 9.17) is 16.7 Å². The molecule has 0 spiro atoms. The second kappa shape index (κ2) is 3.44. The molecule has 2 aromatic rings. The van der Waals surface area contributed by atoms with Gasteiger partial charge in [-0.15, -0.1) is 0 Å². The zero-order valence-electron chi connectivity index (χ0n) is 7.24. The van der Waals surface area contributed by atoms with E-state index in [0.29, 0.717) is 15.9 Å². The molecule has 1 aromatic carbocycles. The molecule has 1 heterocycles. The van der Waals surface area contributed by atoms with Crippen LogP contribution in [0.15, 0.2) is 24.3 Å². The average molecular weight is 210 g/mol. The average Bonchev–Trinajstić information content (AvgIpc) is 2.23. The van der Waals surface area contributed by atoms with Crippen molar-refractivity contribution >= 4 is 22.4 Å². The molecule has 0 amide bonds. The number of nitrogens with zero attached hydrogens (tertiary/aromatic N) is 1. The van der Waals surface area contributed by atoms with Crippen LogP contribution in [-0.2, 0) is 6.61 Å². The van der Waals surface area contributed by atoms with Crippen LogP contribution in [0.3, 0.4) is 0 Å². The van der Waals surface area contributed by atoms with E-state index in [1.54, 1.807) is 18.2 Å². The van der Waals surface area contributed by atoms with Gasteiger partial charge < -0.3 is 10.2 Å². The second-order valence-electron chi connectivity index (χ2n) is 2.90. The summed E-state index contributed by atoms with van der Waals surface area (Å²) in [5.41, 5.74) is 0.203. The van der Waals surface area contributed by atoms with Crippen molar-refractivity contribution in [3.05, 3.63) is 35.1 Å². The van der Waals surface area contributed by atoms with Gasteiger partial charge in [-0.3, -0.25) is 0 Å². The minimum absolute atomic E-state index is 0.00694. The van der Waals surface area contributed by atoms with Crippen molar-refractivity contribution < 1.29 is 10.2 Å². The van der Waals surface area contributed by atoms with Crippen LogP contribution in [0.25, 0.3) is 10.8 Å². The molecule has 0 saturated heterocycles. The standard InChI is InChI=1S/C10H8ClNO2/c11-10-7-4-2-1-3-6(7)9(14)8(5-13)12-10/h1-4,13-14H,5H2. The number of aromatic hydroxyl groups is 1. The van der Waals surface area contributed by atoms with Crippen molar-refractivity contribution in [2.45, 2.75) is 6.61 Å². The van der Waals surface area contributed by atoms with E-state index >= 15 is 0 Å². The van der Waals surface area contributed by atoms with E-state index in [0.717, 1.165) is 0 Å². The van der Waals surface area contributed by atoms with E-state index in [1.165, 1.54) is 0 Å². The van der Waals surface area contributed by atoms with Crippen LogP contribution in [0.5, 0.6) is 5.75 Å². The summed E-state index contributed by atoms with van der Waals surface area (Å²) in [6.45, 7) is -0.323. The van der Waals surface area contributed by atoms with Crippen LogP contribution in [-0.4, -0.2) is 15.2 Å². The van der Waals surface area contributed by atoms with E-state index in [1.807, 2.05) is 6.07 Å². The fourth-order valence-electron chi connectivity index (χ4n) is 1.37. The number of rotatable bonds is 1. The van der Waals surface area contributed by atoms with E-state index in [-0.39, 0.29) is 18.1 Å². The van der Waals surface area contributed by atoms with Crippen molar-refractivity contribution in [1.82, 2.24) is 4.98 Å². The maximum absolute atomic E-state index is 9.69. The fourth-order valence-corrected chi connectivity index (χ4v) is 1.63. The molecule has 0 aliphatic rings. The first-order chi connectivity index (χ1) is 6.74. The quantitative estimate of drug-likeness (QED) is 0.708. The predicted molar refractivity (Wildman–Crippen MR) is 54.3 cm³/mol. The minimum atomic E-state index is -0.323. The smallest absolute Gasteiger partial charge is 0.147 e. The normalized spacial score (nSPS) is 10.7. The number of pyridine rings is 1. The summed E-state index contributed by atoms with van der Waals surface area (Å²) >= 11 is 5.88. The highest BCUT2D eigenvalue weighted by molar-refractivity contribution is 6.34. The number of fused-ring (bicyclic) bond motifs is 1. The van der Waals surface area contributed by atoms with Gasteiger partial charge in [-0.05, 0) is 0 Å². The molecule has 0 aliphatic heterocycles. The highest BCUT2D eigenvalue weighted by atomic mass is 35.5. The maximum Gasteiger partial charge on any atom is 0.147 e. The second-order valence-corrected chi connectivity index (χ2v) is 3.26. The summed E-state index contributed by atoms with van der Waals surface area (Å²) in [5, 5.41) is 20.2. The molecule has 72 valence electrons. The maximum atomic E-state index is 9.69. The zero-order valence-corrected chi connectivity index (χ0v) is 7.99. The molecule has 2 N–H and O–H groups in total. The Labute approximate surface area is 85.6 Å². The summed E-state index contributed by atoms with van der Waals surface area (Å²) in [7, 11) is 0. The Kier molecular flexibility index (Phi) is 2.27. The minimum Gasteiger partial charge on any atom is -0.505 e. The van der Waals surface area contributed by atoms with Gasteiger partial charge in [0.05, 0.1) is 6.61 Å². The van der Waals surface area contributed by atoms with Crippen molar-refractivity contribution in [3.8, 4) is 5.75 Å². The third-order valence-electron chi connectivity index (χ3n) is 2.06. The molecular weight excluding hydrogens is 202 g/mol. The SMILES string of the molecule is OCc1nc(Cl)c2ccccc2c1O. The van der Waals surface area contributed by atoms with E-state index in [2.05, 4.69) is 4.98 Å². The van der Waals surface area contributed by atoms with Gasteiger partial charge in [-0.2, -0.15) is 0 Å². The Morgan fingerprint density at radius 1 is 1.21 bits per heavy atom. The first-order valence-electron chi connectivity index (χ1n) is 4.11. The topological polar surface area (TPSA) is 53.4 Å². The number of halogens is 1. The lowest BCUT2D eigenvalue weighted by Crippen LogP contribution is -1.92. The molecule has 1 aromatic heterocycles. The fraction of sp³-hybridized carbons (Fsp3) is 0.100. The van der Waals surface area contributed by atoms with Gasteiger partial charge in [0.25, 0.3) is 0 Å². The van der Waals surface area contributed by atoms with Crippen LogP contribution in [0.2, 0.25) is 5.15 Å². The number of aliphatic hydroxyl groups is 1. The summed E-state index contributed by atoms with van der Waals surface area (Å²) in [5.74, 6) is -0.00694. The molecular formula is C10H8ClNO2. The van der Waals surface area contributed by atoms with Crippen molar-refractivity contribution in [3.63, 3.8) is 0 Å². The number of benzene rings is 1. The number of hydrogen-bond acceptors (Lipinski definition) is 3. The molecule has 0 aliphatic carbocycles. The number of aromatic nitrogens is 1. The number of aliphatic hydroxyl groups excluding tert-OH is 1. The van der Waals surface area contributed by atoms with Gasteiger partial charge in [0.1, 0.15) is 16.6 Å². The van der Waals surface area contributed by atoms with Crippen LogP contribution >= 0.6 is 11.6 Å². The summed E-state index contributed by atoms with van der Waals surface area (Å²) < 4.78 is 0. The third kappa shape index (κ3) is 1.31. The van der Waals surface area contributed by atoms with Gasteiger partial charge in [-0.1, -0.05) is 35.9 Å². The van der Waals surface area contributed by atoms with Crippen LogP contribution in [0.1, 0.15) is 5.69 Å². The van der Waals surface area contributed by atoms with Crippen molar-refractivity contribution in [2.24, 2.45) is 0 Å². The highest BCUT2D eigenvalue weighted by Crippen LogP contribution is 2.31. The molecule has 0 fully saturated rings. The number of hydrogen-bond donors (Lipinski definition) is 2. The van der Waals surface area contributed by atoms with Gasteiger partial charge >= 0.3 is 0 Å². The Morgan fingerprint density at radius 3 is 2.50 bits per heavy atom. The molecule has 2 rings (SSSR count). The molecule has 14 heavy (non-hydrogen) atoms. The van der Waals surface area contributed by atoms with Crippen LogP contribution in [0, 0.1) is 0 Å². The Morgan fingerprint density at radius 2 is 1.86 bits per heavy atom. The van der Waals surface area contributed by atoms with Crippen molar-refractivity contribution in [1.29, 1.82) is 0 Å². The van der Waals surface area contributed by atoms with Crippen LogP contribution in [0.4, 0.5) is 0 Å². The van der Waals surface area contributed by atoms with Crippen LogP contribution < -0.4 is 0 Å². The third-order valence-corrected chi connectivity index (χ3v) is 2.35. The first kappa shape index (κ1) is 9.24. The van der Waals surface area contributed by atoms with E-state index < -0.39 is 0 Å². The highest BCUT2D eigenvalue weighted by Gasteiger charge is 2.10. The van der Waals surface area contributed by atoms with E-state index in [9.17, 15) is 5.11 Å². The van der Waals surface area contributed by atoms with Gasteiger partial charge in [0, 0.05) is 10.8 Å². The molecule has 3 nitrogen and oxygen atoms in total. The van der Waals surface area contributed by atoms with Crippen molar-refractivity contribution in [2.75, 3.05) is 0 Å². The lowest BCUT2D eigenvalue weighted by atomic mass is 10.1. The van der Waals surface area contributed by atoms with Gasteiger partial charge in [0.2, 0.25) is 0 Å². The largest absolute Gasteiger partial charge is 0.505 e. The monoisotopic (exact) mass is 209 g/mol. The Bertz CT molecular complexity index is 485. The summed E-state index contributed by atoms with van der Waals surface area (Å²) in [4.78, 5) is 3.88. The summed E-state index contributed by atoms with van der Waals surface area (Å²) in [6, 6.07) is 7.11. The molecule has 0 bridgehead atoms. The predicted octanol–water partition coefficient (Wildman–Crippen LogP) is 2.09. The molecule has 0 saturated carbocycles. The first-order valence-corrected chi connectivity index (χ1v) is 4.48. The van der Waals surface area contributed by atoms with Gasteiger partial charge in [0.15, 0.2) is 0 Å². The Hall–Kier alpha value is -1.32. The molecule has 0 atom stereocenters. The van der Waals surface area contributed by atoms with Gasteiger partial charge in [-0.25, -0.2) is 4.98 Å². The molecule has 0 unspecified atom stereocenters. The molecule has 0 radical (unpaired) electrons. The lowest BCUT2D eigenvalue weighted by molar-refractivity contribution is 0.270.